The Bertz CT molecular complexity index is 761. The number of anilines is 2. The number of amides is 1. The van der Waals surface area contributed by atoms with Crippen molar-refractivity contribution in [1.82, 2.24) is 20.2 Å². The van der Waals surface area contributed by atoms with Gasteiger partial charge in [0.1, 0.15) is 23.6 Å². The lowest BCUT2D eigenvalue weighted by atomic mass is 10.3. The summed E-state index contributed by atoms with van der Waals surface area (Å²) >= 11 is 0. The summed E-state index contributed by atoms with van der Waals surface area (Å²) < 4.78 is 11.0. The second-order valence-electron chi connectivity index (χ2n) is 6.81. The minimum absolute atomic E-state index is 0.130. The van der Waals surface area contributed by atoms with Gasteiger partial charge in [-0.05, 0) is 38.1 Å². The van der Waals surface area contributed by atoms with E-state index in [1.165, 1.54) is 6.33 Å². The van der Waals surface area contributed by atoms with Crippen LogP contribution in [0.4, 0.5) is 11.5 Å². The van der Waals surface area contributed by atoms with Gasteiger partial charge in [-0.1, -0.05) is 0 Å². The monoisotopic (exact) mass is 385 g/mol. The first-order valence-electron chi connectivity index (χ1n) is 9.54. The number of rotatable bonds is 8. The van der Waals surface area contributed by atoms with E-state index < -0.39 is 0 Å². The summed E-state index contributed by atoms with van der Waals surface area (Å²) in [4.78, 5) is 22.9. The average molecular weight is 385 g/mol. The fourth-order valence-electron chi connectivity index (χ4n) is 2.83. The molecule has 1 aromatic carbocycles. The van der Waals surface area contributed by atoms with E-state index in [-0.39, 0.29) is 12.0 Å². The number of nitrogens with zero attached hydrogens (tertiary/aromatic N) is 3. The third kappa shape index (κ3) is 6.17. The van der Waals surface area contributed by atoms with Gasteiger partial charge in [0.2, 0.25) is 0 Å². The molecule has 0 saturated carbocycles. The van der Waals surface area contributed by atoms with Crippen molar-refractivity contribution in [1.29, 1.82) is 0 Å². The number of hydrogen-bond donors (Lipinski definition) is 2. The first kappa shape index (κ1) is 20.0. The summed E-state index contributed by atoms with van der Waals surface area (Å²) in [5.41, 5.74) is 1.19. The van der Waals surface area contributed by atoms with E-state index in [4.69, 9.17) is 9.47 Å². The maximum Gasteiger partial charge on any atom is 0.270 e. The molecular formula is C20H27N5O3. The van der Waals surface area contributed by atoms with E-state index in [9.17, 15) is 4.79 Å². The van der Waals surface area contributed by atoms with Crippen molar-refractivity contribution in [2.45, 2.75) is 20.0 Å². The summed E-state index contributed by atoms with van der Waals surface area (Å²) in [6, 6.07) is 9.23. The molecule has 1 fully saturated rings. The van der Waals surface area contributed by atoms with Crippen LogP contribution in [0.15, 0.2) is 36.7 Å². The number of nitrogens with one attached hydrogen (secondary N) is 2. The normalized spacial score (nSPS) is 14.7. The number of ether oxygens (including phenoxy) is 2. The number of hydrogen-bond acceptors (Lipinski definition) is 7. The lowest BCUT2D eigenvalue weighted by molar-refractivity contribution is 0.0383. The SMILES string of the molecule is CC(C)Oc1ccc(Nc2cc(C(=O)NCCN3CCOCC3)ncn2)cc1. The van der Waals surface area contributed by atoms with Crippen molar-refractivity contribution in [2.24, 2.45) is 0 Å². The number of aromatic nitrogens is 2. The highest BCUT2D eigenvalue weighted by Gasteiger charge is 2.12. The number of carbonyl (C=O) groups is 1. The average Bonchev–Trinajstić information content (AvgIpc) is 2.70. The third-order valence-electron chi connectivity index (χ3n) is 4.22. The van der Waals surface area contributed by atoms with Crippen LogP contribution in [0.5, 0.6) is 5.75 Å². The molecule has 0 aliphatic carbocycles. The summed E-state index contributed by atoms with van der Waals surface area (Å²) in [7, 11) is 0. The molecule has 8 nitrogen and oxygen atoms in total. The predicted molar refractivity (Wildman–Crippen MR) is 107 cm³/mol. The van der Waals surface area contributed by atoms with Crippen molar-refractivity contribution in [3.8, 4) is 5.75 Å². The second kappa shape index (κ2) is 10.0. The van der Waals surface area contributed by atoms with Crippen molar-refractivity contribution in [3.05, 3.63) is 42.4 Å². The number of carbonyl (C=O) groups excluding carboxylic acids is 1. The van der Waals surface area contributed by atoms with Gasteiger partial charge in [-0.25, -0.2) is 9.97 Å². The van der Waals surface area contributed by atoms with Gasteiger partial charge in [0.15, 0.2) is 0 Å². The second-order valence-corrected chi connectivity index (χ2v) is 6.81. The highest BCUT2D eigenvalue weighted by molar-refractivity contribution is 5.92. The largest absolute Gasteiger partial charge is 0.491 e. The Morgan fingerprint density at radius 1 is 1.21 bits per heavy atom. The molecule has 0 atom stereocenters. The quantitative estimate of drug-likeness (QED) is 0.719. The maximum absolute atomic E-state index is 12.3. The van der Waals surface area contributed by atoms with Gasteiger partial charge in [-0.15, -0.1) is 0 Å². The van der Waals surface area contributed by atoms with Crippen LogP contribution in [0.1, 0.15) is 24.3 Å². The molecule has 2 heterocycles. The molecule has 3 rings (SSSR count). The molecular weight excluding hydrogens is 358 g/mol. The third-order valence-corrected chi connectivity index (χ3v) is 4.22. The Hall–Kier alpha value is -2.71. The molecule has 0 radical (unpaired) electrons. The van der Waals surface area contributed by atoms with Gasteiger partial charge in [0.05, 0.1) is 19.3 Å². The van der Waals surface area contributed by atoms with Crippen LogP contribution < -0.4 is 15.4 Å². The van der Waals surface area contributed by atoms with Crippen LogP contribution in [-0.2, 0) is 4.74 Å². The fraction of sp³-hybridized carbons (Fsp3) is 0.450. The van der Waals surface area contributed by atoms with E-state index in [2.05, 4.69) is 25.5 Å². The van der Waals surface area contributed by atoms with E-state index >= 15 is 0 Å². The molecule has 2 aromatic rings. The first-order valence-corrected chi connectivity index (χ1v) is 9.54. The molecule has 1 aliphatic rings. The van der Waals surface area contributed by atoms with Crippen molar-refractivity contribution < 1.29 is 14.3 Å². The van der Waals surface area contributed by atoms with Crippen LogP contribution in [-0.4, -0.2) is 66.3 Å². The van der Waals surface area contributed by atoms with Gasteiger partial charge >= 0.3 is 0 Å². The van der Waals surface area contributed by atoms with Gasteiger partial charge in [-0.3, -0.25) is 9.69 Å². The van der Waals surface area contributed by atoms with Crippen LogP contribution in [0.2, 0.25) is 0 Å². The molecule has 28 heavy (non-hydrogen) atoms. The standard InChI is InChI=1S/C20H27N5O3/c1-15(2)28-17-5-3-16(4-6-17)24-19-13-18(22-14-23-19)20(26)21-7-8-25-9-11-27-12-10-25/h3-6,13-15H,7-12H2,1-2H3,(H,21,26)(H,22,23,24). The minimum atomic E-state index is -0.209. The van der Waals surface area contributed by atoms with Gasteiger partial charge in [0.25, 0.3) is 5.91 Å². The molecule has 8 heteroatoms. The van der Waals surface area contributed by atoms with Crippen LogP contribution in [0.25, 0.3) is 0 Å². The highest BCUT2D eigenvalue weighted by atomic mass is 16.5. The number of benzene rings is 1. The molecule has 1 aliphatic heterocycles. The molecule has 0 bridgehead atoms. The van der Waals surface area contributed by atoms with Gasteiger partial charge < -0.3 is 20.1 Å². The fourth-order valence-corrected chi connectivity index (χ4v) is 2.83. The summed E-state index contributed by atoms with van der Waals surface area (Å²) in [6.07, 6.45) is 1.51. The summed E-state index contributed by atoms with van der Waals surface area (Å²) in [5, 5.41) is 6.09. The first-order chi connectivity index (χ1) is 13.6. The molecule has 1 amide bonds. The Balaban J connectivity index is 1.52. The zero-order valence-corrected chi connectivity index (χ0v) is 16.4. The topological polar surface area (TPSA) is 88.6 Å². The van der Waals surface area contributed by atoms with E-state index in [1.807, 2.05) is 38.1 Å². The lowest BCUT2D eigenvalue weighted by Gasteiger charge is -2.26. The Kier molecular flexibility index (Phi) is 7.16. The zero-order valence-electron chi connectivity index (χ0n) is 16.4. The Morgan fingerprint density at radius 3 is 2.68 bits per heavy atom. The van der Waals surface area contributed by atoms with Crippen LogP contribution >= 0.6 is 0 Å². The predicted octanol–water partition coefficient (Wildman–Crippen LogP) is 2.07. The van der Waals surface area contributed by atoms with Gasteiger partial charge in [-0.2, -0.15) is 0 Å². The lowest BCUT2D eigenvalue weighted by Crippen LogP contribution is -2.41. The Labute approximate surface area is 165 Å². The van der Waals surface area contributed by atoms with E-state index in [1.54, 1.807) is 6.07 Å². The van der Waals surface area contributed by atoms with Crippen LogP contribution in [0.3, 0.4) is 0 Å². The Morgan fingerprint density at radius 2 is 1.96 bits per heavy atom. The summed E-state index contributed by atoms with van der Waals surface area (Å²) in [6.45, 7) is 8.65. The minimum Gasteiger partial charge on any atom is -0.491 e. The smallest absolute Gasteiger partial charge is 0.270 e. The summed E-state index contributed by atoms with van der Waals surface area (Å²) in [5.74, 6) is 1.16. The molecule has 1 saturated heterocycles. The van der Waals surface area contributed by atoms with E-state index in [0.717, 1.165) is 44.3 Å². The molecule has 150 valence electrons. The maximum atomic E-state index is 12.3. The molecule has 2 N–H and O–H groups in total. The van der Waals surface area contributed by atoms with Gasteiger partial charge in [0, 0.05) is 37.9 Å². The van der Waals surface area contributed by atoms with Crippen molar-refractivity contribution in [2.75, 3.05) is 44.7 Å². The van der Waals surface area contributed by atoms with Crippen LogP contribution in [0, 0.1) is 0 Å². The van der Waals surface area contributed by atoms with Crippen molar-refractivity contribution in [3.63, 3.8) is 0 Å². The highest BCUT2D eigenvalue weighted by Crippen LogP contribution is 2.19. The number of morpholine rings is 1. The molecule has 1 aromatic heterocycles. The molecule has 0 spiro atoms. The zero-order chi connectivity index (χ0) is 19.8. The van der Waals surface area contributed by atoms with E-state index in [0.29, 0.717) is 18.1 Å². The molecule has 0 unspecified atom stereocenters. The van der Waals surface area contributed by atoms with Crippen molar-refractivity contribution >= 4 is 17.4 Å².